The van der Waals surface area contributed by atoms with Crippen molar-refractivity contribution in [3.63, 3.8) is 0 Å². The van der Waals surface area contributed by atoms with Crippen LogP contribution in [0, 0.1) is 0 Å². The summed E-state index contributed by atoms with van der Waals surface area (Å²) in [5, 5.41) is 1.20. The van der Waals surface area contributed by atoms with Crippen LogP contribution < -0.4 is 14.5 Å². The van der Waals surface area contributed by atoms with Gasteiger partial charge in [0.2, 0.25) is 18.0 Å². The fourth-order valence-electron chi connectivity index (χ4n) is 2.35. The average molecular weight is 250 g/mol. The van der Waals surface area contributed by atoms with Gasteiger partial charge in [-0.2, -0.15) is 0 Å². The number of hydrogen-bond acceptors (Lipinski definition) is 2. The van der Waals surface area contributed by atoms with Gasteiger partial charge in [-0.15, -0.1) is 0 Å². The van der Waals surface area contributed by atoms with E-state index in [9.17, 15) is 0 Å². The molecule has 1 aliphatic heterocycles. The highest BCUT2D eigenvalue weighted by atomic mass is 16.7. The van der Waals surface area contributed by atoms with E-state index in [0.717, 1.165) is 28.3 Å². The zero-order valence-electron chi connectivity index (χ0n) is 10.2. The van der Waals surface area contributed by atoms with Crippen molar-refractivity contribution in [2.45, 2.75) is 0 Å². The third-order valence-corrected chi connectivity index (χ3v) is 3.34. The van der Waals surface area contributed by atoms with Gasteiger partial charge >= 0.3 is 0 Å². The number of para-hydroxylation sites is 1. The number of aromatic nitrogens is 1. The summed E-state index contributed by atoms with van der Waals surface area (Å²) in [6.45, 7) is 0.306. The first-order valence-electron chi connectivity index (χ1n) is 6.21. The van der Waals surface area contributed by atoms with Gasteiger partial charge in [0.1, 0.15) is 0 Å². The van der Waals surface area contributed by atoms with Crippen LogP contribution in [0.1, 0.15) is 0 Å². The van der Waals surface area contributed by atoms with Crippen molar-refractivity contribution < 1.29 is 14.5 Å². The predicted molar refractivity (Wildman–Crippen MR) is 72.1 cm³/mol. The lowest BCUT2D eigenvalue weighted by atomic mass is 10.1. The van der Waals surface area contributed by atoms with E-state index in [2.05, 4.69) is 29.2 Å². The Kier molecular flexibility index (Phi) is 2.18. The first-order chi connectivity index (χ1) is 9.40. The molecular formula is C16H12NO2+. The highest BCUT2D eigenvalue weighted by molar-refractivity contribution is 5.77. The molecule has 0 saturated heterocycles. The Morgan fingerprint density at radius 3 is 2.74 bits per heavy atom. The molecule has 1 N–H and O–H groups in total. The molecule has 2 heterocycles. The Morgan fingerprint density at radius 1 is 0.842 bits per heavy atom. The molecule has 0 bridgehead atoms. The SMILES string of the molecule is c1ccc2[nH+]c(-c3ccc4c(c3)OCO4)ccc2c1. The van der Waals surface area contributed by atoms with Gasteiger partial charge in [0, 0.05) is 17.5 Å². The number of fused-ring (bicyclic) bond motifs is 2. The van der Waals surface area contributed by atoms with E-state index in [0.29, 0.717) is 6.79 Å². The minimum Gasteiger partial charge on any atom is -0.454 e. The van der Waals surface area contributed by atoms with Gasteiger partial charge in [-0.1, -0.05) is 12.1 Å². The number of rotatable bonds is 1. The first-order valence-corrected chi connectivity index (χ1v) is 6.21. The van der Waals surface area contributed by atoms with Crippen LogP contribution in [0.4, 0.5) is 0 Å². The van der Waals surface area contributed by atoms with Gasteiger partial charge in [-0.25, -0.2) is 4.98 Å². The molecule has 0 aliphatic carbocycles. The number of H-pyrrole nitrogens is 1. The van der Waals surface area contributed by atoms with Crippen LogP contribution in [0.2, 0.25) is 0 Å². The average Bonchev–Trinajstić information content (AvgIpc) is 2.94. The summed E-state index contributed by atoms with van der Waals surface area (Å²) < 4.78 is 10.7. The molecule has 0 spiro atoms. The summed E-state index contributed by atoms with van der Waals surface area (Å²) in [4.78, 5) is 3.44. The third-order valence-electron chi connectivity index (χ3n) is 3.34. The predicted octanol–water partition coefficient (Wildman–Crippen LogP) is 3.05. The van der Waals surface area contributed by atoms with Crippen molar-refractivity contribution in [1.29, 1.82) is 0 Å². The van der Waals surface area contributed by atoms with Gasteiger partial charge in [-0.3, -0.25) is 0 Å². The van der Waals surface area contributed by atoms with Crippen molar-refractivity contribution in [2.75, 3.05) is 6.79 Å². The Balaban J connectivity index is 1.85. The fourth-order valence-corrected chi connectivity index (χ4v) is 2.35. The van der Waals surface area contributed by atoms with Crippen LogP contribution in [-0.4, -0.2) is 6.79 Å². The van der Waals surface area contributed by atoms with E-state index >= 15 is 0 Å². The number of benzene rings is 2. The molecule has 19 heavy (non-hydrogen) atoms. The van der Waals surface area contributed by atoms with Crippen LogP contribution in [0.25, 0.3) is 22.2 Å². The molecule has 3 heteroatoms. The molecule has 4 rings (SSSR count). The molecule has 1 aromatic heterocycles. The molecular weight excluding hydrogens is 238 g/mol. The van der Waals surface area contributed by atoms with E-state index < -0.39 is 0 Å². The topological polar surface area (TPSA) is 32.6 Å². The minimum atomic E-state index is 0.306. The second-order valence-corrected chi connectivity index (χ2v) is 4.53. The van der Waals surface area contributed by atoms with E-state index in [1.165, 1.54) is 5.39 Å². The van der Waals surface area contributed by atoms with Crippen molar-refractivity contribution >= 4 is 10.9 Å². The van der Waals surface area contributed by atoms with Crippen molar-refractivity contribution in [1.82, 2.24) is 0 Å². The van der Waals surface area contributed by atoms with Crippen molar-refractivity contribution in [3.05, 3.63) is 54.6 Å². The lowest BCUT2D eigenvalue weighted by Gasteiger charge is -2.00. The quantitative estimate of drug-likeness (QED) is 0.665. The lowest BCUT2D eigenvalue weighted by molar-refractivity contribution is -0.331. The molecule has 0 saturated carbocycles. The van der Waals surface area contributed by atoms with Crippen molar-refractivity contribution in [2.24, 2.45) is 0 Å². The zero-order valence-corrected chi connectivity index (χ0v) is 10.2. The summed E-state index contributed by atoms with van der Waals surface area (Å²) in [5.74, 6) is 1.61. The number of pyridine rings is 1. The maximum absolute atomic E-state index is 5.41. The zero-order chi connectivity index (χ0) is 12.7. The Bertz CT molecular complexity index is 768. The van der Waals surface area contributed by atoms with E-state index in [-0.39, 0.29) is 0 Å². The summed E-state index contributed by atoms with van der Waals surface area (Å²) in [5.41, 5.74) is 3.28. The highest BCUT2D eigenvalue weighted by Crippen LogP contribution is 2.35. The maximum atomic E-state index is 5.41. The van der Waals surface area contributed by atoms with Gasteiger partial charge < -0.3 is 9.47 Å². The van der Waals surface area contributed by atoms with Gasteiger partial charge in [0.25, 0.3) is 0 Å². The molecule has 0 atom stereocenters. The number of hydrogen-bond donors (Lipinski definition) is 0. The number of ether oxygens (including phenoxy) is 2. The summed E-state index contributed by atoms with van der Waals surface area (Å²) in [6, 6.07) is 18.4. The molecule has 3 nitrogen and oxygen atoms in total. The van der Waals surface area contributed by atoms with Crippen molar-refractivity contribution in [3.8, 4) is 22.8 Å². The smallest absolute Gasteiger partial charge is 0.231 e. The second kappa shape index (κ2) is 3.99. The van der Waals surface area contributed by atoms with Crippen LogP contribution in [-0.2, 0) is 0 Å². The van der Waals surface area contributed by atoms with E-state index in [1.807, 2.05) is 30.3 Å². The van der Waals surface area contributed by atoms with Gasteiger partial charge in [0.05, 0.1) is 5.56 Å². The molecule has 0 fully saturated rings. The first kappa shape index (κ1) is 10.4. The van der Waals surface area contributed by atoms with Crippen LogP contribution in [0.3, 0.4) is 0 Å². The van der Waals surface area contributed by atoms with Crippen LogP contribution >= 0.6 is 0 Å². The molecule has 3 aromatic rings. The monoisotopic (exact) mass is 250 g/mol. The third kappa shape index (κ3) is 1.71. The number of nitrogens with one attached hydrogen (secondary N) is 1. The Labute approximate surface area is 110 Å². The van der Waals surface area contributed by atoms with E-state index in [1.54, 1.807) is 0 Å². The minimum absolute atomic E-state index is 0.306. The second-order valence-electron chi connectivity index (χ2n) is 4.53. The molecule has 2 aromatic carbocycles. The summed E-state index contributed by atoms with van der Waals surface area (Å²) in [6.07, 6.45) is 0. The molecule has 0 radical (unpaired) electrons. The Morgan fingerprint density at radius 2 is 1.74 bits per heavy atom. The molecule has 92 valence electrons. The lowest BCUT2D eigenvalue weighted by Crippen LogP contribution is -2.07. The summed E-state index contributed by atoms with van der Waals surface area (Å²) in [7, 11) is 0. The largest absolute Gasteiger partial charge is 0.454 e. The summed E-state index contributed by atoms with van der Waals surface area (Å²) >= 11 is 0. The number of aromatic amines is 1. The standard InChI is InChI=1S/C16H11NO2/c1-2-4-13-11(3-1)5-7-14(17-13)12-6-8-15-16(9-12)19-10-18-15/h1-9H,10H2/p+1. The fraction of sp³-hybridized carbons (Fsp3) is 0.0625. The molecule has 0 amide bonds. The van der Waals surface area contributed by atoms with Crippen LogP contribution in [0.5, 0.6) is 11.5 Å². The molecule has 1 aliphatic rings. The normalized spacial score (nSPS) is 12.8. The Hall–Kier alpha value is -2.55. The van der Waals surface area contributed by atoms with Gasteiger partial charge in [0.15, 0.2) is 11.5 Å². The maximum Gasteiger partial charge on any atom is 0.231 e. The highest BCUT2D eigenvalue weighted by Gasteiger charge is 2.16. The van der Waals surface area contributed by atoms with E-state index in [4.69, 9.17) is 9.47 Å². The van der Waals surface area contributed by atoms with Crippen LogP contribution in [0.15, 0.2) is 54.6 Å². The van der Waals surface area contributed by atoms with Gasteiger partial charge in [-0.05, 0) is 30.3 Å². The molecule has 0 unspecified atom stereocenters.